The average molecular weight is 445 g/mol. The molecular weight excluding hydrogens is 420 g/mol. The number of thioether (sulfide) groups is 1. The van der Waals surface area contributed by atoms with Gasteiger partial charge in [0.1, 0.15) is 12.4 Å². The molecule has 3 atom stereocenters. The van der Waals surface area contributed by atoms with Crippen molar-refractivity contribution in [1.82, 2.24) is 0 Å². The number of aromatic carboxylic acids is 1. The number of aliphatic hydroxyl groups is 1. The van der Waals surface area contributed by atoms with Crippen molar-refractivity contribution < 1.29 is 33.8 Å². The predicted octanol–water partition coefficient (Wildman–Crippen LogP) is 3.43. The third-order valence-corrected chi connectivity index (χ3v) is 7.15. The maximum absolute atomic E-state index is 12.4. The van der Waals surface area contributed by atoms with Gasteiger partial charge in [0.05, 0.1) is 12.7 Å². The molecule has 0 aliphatic heterocycles. The highest BCUT2D eigenvalue weighted by atomic mass is 32.2. The van der Waals surface area contributed by atoms with E-state index in [-0.39, 0.29) is 42.9 Å². The lowest BCUT2D eigenvalue weighted by Gasteiger charge is -2.24. The molecule has 164 valence electrons. The van der Waals surface area contributed by atoms with Crippen molar-refractivity contribution in [2.24, 2.45) is 11.8 Å². The monoisotopic (exact) mass is 444 g/mol. The van der Waals surface area contributed by atoms with Crippen LogP contribution in [0.25, 0.3) is 0 Å². The van der Waals surface area contributed by atoms with Crippen LogP contribution in [-0.2, 0) is 27.4 Å². The Balaban J connectivity index is 1.37. The van der Waals surface area contributed by atoms with Crippen LogP contribution < -0.4 is 0 Å². The van der Waals surface area contributed by atoms with Crippen LogP contribution in [0, 0.1) is 11.8 Å². The van der Waals surface area contributed by atoms with Gasteiger partial charge in [0.25, 0.3) is 0 Å². The number of carboxylic acid groups (broad SMARTS) is 1. The van der Waals surface area contributed by atoms with E-state index < -0.39 is 18.0 Å². The van der Waals surface area contributed by atoms with E-state index in [9.17, 15) is 19.5 Å². The molecule has 0 bridgehead atoms. The van der Waals surface area contributed by atoms with Crippen molar-refractivity contribution in [2.75, 3.05) is 12.4 Å². The van der Waals surface area contributed by atoms with E-state index in [2.05, 4.69) is 0 Å². The zero-order valence-corrected chi connectivity index (χ0v) is 17.7. The predicted molar refractivity (Wildman–Crippen MR) is 112 cm³/mol. The maximum atomic E-state index is 12.4. The van der Waals surface area contributed by atoms with Crippen LogP contribution >= 0.6 is 11.8 Å². The van der Waals surface area contributed by atoms with E-state index >= 15 is 0 Å². The summed E-state index contributed by atoms with van der Waals surface area (Å²) in [6, 6.07) is 8.78. The van der Waals surface area contributed by atoms with E-state index in [1.165, 1.54) is 12.1 Å². The zero-order valence-electron chi connectivity index (χ0n) is 16.9. The van der Waals surface area contributed by atoms with Crippen molar-refractivity contribution in [3.8, 4) is 0 Å². The van der Waals surface area contributed by atoms with Gasteiger partial charge in [-0.1, -0.05) is 12.1 Å². The smallest absolute Gasteiger partial charge is 0.371 e. The second-order valence-electron chi connectivity index (χ2n) is 7.99. The number of ether oxygens (including phenoxy) is 1. The molecular formula is C23H24O7S. The number of hydrogen-bond donors (Lipinski definition) is 2. The Labute approximate surface area is 183 Å². The Morgan fingerprint density at radius 2 is 2.06 bits per heavy atom. The topological polar surface area (TPSA) is 114 Å². The molecule has 7 nitrogen and oxygen atoms in total. The van der Waals surface area contributed by atoms with E-state index in [1.807, 2.05) is 18.2 Å². The summed E-state index contributed by atoms with van der Waals surface area (Å²) in [7, 11) is 0. The van der Waals surface area contributed by atoms with Crippen LogP contribution in [0.3, 0.4) is 0 Å². The minimum absolute atomic E-state index is 0.0795. The fourth-order valence-corrected chi connectivity index (χ4v) is 5.63. The number of hydrogen-bond acceptors (Lipinski definition) is 7. The Morgan fingerprint density at radius 1 is 1.23 bits per heavy atom. The number of Topliss-reactive ketones (excluding diaryl/α,β-unsaturated/α-hetero) is 2. The number of carbonyl (C=O) groups excluding carboxylic acids is 2. The van der Waals surface area contributed by atoms with Crippen molar-refractivity contribution in [3.63, 3.8) is 0 Å². The number of furan rings is 1. The highest BCUT2D eigenvalue weighted by molar-refractivity contribution is 7.99. The van der Waals surface area contributed by atoms with Gasteiger partial charge in [-0.25, -0.2) is 4.79 Å². The molecule has 4 rings (SSSR count). The molecule has 2 aromatic rings. The van der Waals surface area contributed by atoms with Crippen molar-refractivity contribution >= 4 is 29.3 Å². The number of benzene rings is 1. The summed E-state index contributed by atoms with van der Waals surface area (Å²) in [5.74, 6) is -1.79. The molecule has 1 fully saturated rings. The first kappa shape index (κ1) is 21.8. The van der Waals surface area contributed by atoms with Gasteiger partial charge in [0.15, 0.2) is 5.78 Å². The molecule has 2 N–H and O–H groups in total. The molecule has 31 heavy (non-hydrogen) atoms. The summed E-state index contributed by atoms with van der Waals surface area (Å²) in [5.41, 5.74) is 2.10. The first-order chi connectivity index (χ1) is 14.9. The van der Waals surface area contributed by atoms with Gasteiger partial charge < -0.3 is 19.4 Å². The first-order valence-electron chi connectivity index (χ1n) is 10.3. The van der Waals surface area contributed by atoms with Crippen LogP contribution in [0.4, 0.5) is 0 Å². The van der Waals surface area contributed by atoms with Gasteiger partial charge in [0.2, 0.25) is 11.5 Å². The number of aliphatic hydroxyl groups excluding tert-OH is 1. The molecule has 0 spiro atoms. The lowest BCUT2D eigenvalue weighted by atomic mass is 9.89. The average Bonchev–Trinajstić information content (AvgIpc) is 3.32. The molecule has 0 saturated heterocycles. The van der Waals surface area contributed by atoms with Crippen LogP contribution in [0.15, 0.2) is 39.6 Å². The summed E-state index contributed by atoms with van der Waals surface area (Å²) in [6.07, 6.45) is 2.32. The minimum Gasteiger partial charge on any atom is -0.475 e. The lowest BCUT2D eigenvalue weighted by Crippen LogP contribution is -2.23. The fourth-order valence-electron chi connectivity index (χ4n) is 4.27. The van der Waals surface area contributed by atoms with Crippen molar-refractivity contribution in [2.45, 2.75) is 43.3 Å². The number of ketones is 2. The highest BCUT2D eigenvalue weighted by Crippen LogP contribution is 2.38. The summed E-state index contributed by atoms with van der Waals surface area (Å²) in [6.45, 7) is 0.299. The summed E-state index contributed by atoms with van der Waals surface area (Å²) in [4.78, 5) is 36.4. The second-order valence-corrected chi connectivity index (χ2v) is 9.05. The third kappa shape index (κ3) is 4.76. The molecule has 1 heterocycles. The van der Waals surface area contributed by atoms with Gasteiger partial charge in [-0.3, -0.25) is 9.59 Å². The molecule has 2 aliphatic rings. The number of carbonyl (C=O) groups is 3. The van der Waals surface area contributed by atoms with Gasteiger partial charge in [-0.15, -0.1) is 11.8 Å². The van der Waals surface area contributed by atoms with Gasteiger partial charge >= 0.3 is 5.97 Å². The lowest BCUT2D eigenvalue weighted by molar-refractivity contribution is -0.135. The molecule has 1 aromatic carbocycles. The molecule has 8 heteroatoms. The van der Waals surface area contributed by atoms with Crippen LogP contribution in [0.2, 0.25) is 0 Å². The van der Waals surface area contributed by atoms with Gasteiger partial charge in [0, 0.05) is 28.9 Å². The molecule has 2 aliphatic carbocycles. The zero-order chi connectivity index (χ0) is 22.0. The molecule has 1 saturated carbocycles. The molecule has 0 radical (unpaired) electrons. The Hall–Kier alpha value is -2.42. The summed E-state index contributed by atoms with van der Waals surface area (Å²) in [5, 5.41) is 19.1. The standard InChI is InChI=1S/C23H24O7S/c24-18-5-1-4-16-15(18)3-2-6-21(16)31-12-17-13(9-19(25)22(17)26)10-29-11-14-7-8-20(30-14)23(27)28/h2-3,6-8,13,17-18,24H,1,4-5,9-12H2,(H,27,28)/t13-,17-,18?/m1/s1. The van der Waals surface area contributed by atoms with Crippen molar-refractivity contribution in [1.29, 1.82) is 0 Å². The van der Waals surface area contributed by atoms with Crippen LogP contribution in [0.5, 0.6) is 0 Å². The minimum atomic E-state index is -1.15. The maximum Gasteiger partial charge on any atom is 0.371 e. The normalized spacial score (nSPS) is 23.2. The number of fused-ring (bicyclic) bond motifs is 1. The summed E-state index contributed by atoms with van der Waals surface area (Å²) < 4.78 is 10.8. The van der Waals surface area contributed by atoms with Gasteiger partial charge in [-0.05, 0) is 48.6 Å². The summed E-state index contributed by atoms with van der Waals surface area (Å²) >= 11 is 1.56. The van der Waals surface area contributed by atoms with Crippen LogP contribution in [-0.4, -0.2) is 40.1 Å². The quantitative estimate of drug-likeness (QED) is 0.470. The van der Waals surface area contributed by atoms with E-state index in [0.29, 0.717) is 11.5 Å². The van der Waals surface area contributed by atoms with Gasteiger partial charge in [-0.2, -0.15) is 0 Å². The highest BCUT2D eigenvalue weighted by Gasteiger charge is 2.41. The van der Waals surface area contributed by atoms with Crippen molar-refractivity contribution in [3.05, 3.63) is 53.0 Å². The second kappa shape index (κ2) is 9.38. The van der Waals surface area contributed by atoms with E-state index in [1.54, 1.807) is 11.8 Å². The first-order valence-corrected chi connectivity index (χ1v) is 11.3. The molecule has 1 aromatic heterocycles. The largest absolute Gasteiger partial charge is 0.475 e. The van der Waals surface area contributed by atoms with E-state index in [0.717, 1.165) is 35.3 Å². The molecule has 0 amide bonds. The molecule has 1 unspecified atom stereocenters. The third-order valence-electron chi connectivity index (χ3n) is 5.93. The van der Waals surface area contributed by atoms with Crippen LogP contribution in [0.1, 0.15) is 52.8 Å². The Morgan fingerprint density at radius 3 is 2.84 bits per heavy atom. The Kier molecular flexibility index (Phi) is 6.60. The number of rotatable bonds is 8. The SMILES string of the molecule is O=C1C[C@H](COCc2ccc(C(=O)O)o2)[C@@H](CSc2cccc3c2CCCC3O)C1=O. The van der Waals surface area contributed by atoms with E-state index in [4.69, 9.17) is 14.3 Å². The fraction of sp³-hybridized carbons (Fsp3) is 0.435. The number of carboxylic acids is 1. The Bertz CT molecular complexity index is 996.